The maximum Gasteiger partial charge on any atom is 0.193 e. The highest BCUT2D eigenvalue weighted by Gasteiger charge is 2.14. The van der Waals surface area contributed by atoms with Crippen molar-refractivity contribution in [2.75, 3.05) is 0 Å². The van der Waals surface area contributed by atoms with Crippen molar-refractivity contribution in [2.24, 2.45) is 5.84 Å². The van der Waals surface area contributed by atoms with Gasteiger partial charge < -0.3 is 0 Å². The minimum Gasteiger partial charge on any atom is -0.297 e. The third kappa shape index (κ3) is 2.09. The van der Waals surface area contributed by atoms with Crippen LogP contribution in [0, 0.1) is 0 Å². The smallest absolute Gasteiger partial charge is 0.193 e. The van der Waals surface area contributed by atoms with E-state index < -0.39 is 0 Å². The number of hydrogen-bond donors (Lipinski definition) is 2. The van der Waals surface area contributed by atoms with Crippen molar-refractivity contribution >= 4 is 27.6 Å². The first-order chi connectivity index (χ1) is 8.36. The first-order valence-electron chi connectivity index (χ1n) is 5.12. The summed E-state index contributed by atoms with van der Waals surface area (Å²) in [6, 6.07) is 0.0760. The molecule has 3 N–H and O–H groups in total. The Morgan fingerprint density at radius 3 is 3.12 bits per heavy atom. The van der Waals surface area contributed by atoms with Crippen LogP contribution in [0.25, 0.3) is 4.96 Å². The lowest BCUT2D eigenvalue weighted by molar-refractivity contribution is 0.555. The molecule has 0 amide bonds. The summed E-state index contributed by atoms with van der Waals surface area (Å²) in [6.07, 6.45) is 6.66. The van der Waals surface area contributed by atoms with Gasteiger partial charge in [-0.2, -0.15) is 0 Å². The summed E-state index contributed by atoms with van der Waals surface area (Å²) in [5, 5.41) is 2.02. The number of thiazole rings is 2. The van der Waals surface area contributed by atoms with Crippen LogP contribution in [-0.4, -0.2) is 14.4 Å². The highest BCUT2D eigenvalue weighted by molar-refractivity contribution is 7.15. The SMILES string of the molecule is NNC(Cc1cn2ccsc2n1)c1cncs1. The number of aromatic nitrogens is 3. The van der Waals surface area contributed by atoms with E-state index in [-0.39, 0.29) is 6.04 Å². The number of hydrogen-bond acceptors (Lipinski definition) is 6. The Balaban J connectivity index is 1.83. The second-order valence-electron chi connectivity index (χ2n) is 3.65. The minimum absolute atomic E-state index is 0.0760. The van der Waals surface area contributed by atoms with Crippen molar-refractivity contribution in [3.05, 3.63) is 40.1 Å². The van der Waals surface area contributed by atoms with Gasteiger partial charge >= 0.3 is 0 Å². The zero-order valence-corrected chi connectivity index (χ0v) is 10.5. The van der Waals surface area contributed by atoms with Gasteiger partial charge in [-0.25, -0.2) is 4.98 Å². The van der Waals surface area contributed by atoms with Crippen LogP contribution in [-0.2, 0) is 6.42 Å². The van der Waals surface area contributed by atoms with E-state index >= 15 is 0 Å². The van der Waals surface area contributed by atoms with E-state index in [2.05, 4.69) is 15.4 Å². The standard InChI is InChI=1S/C10H11N5S2/c11-14-8(9-4-12-6-17-9)3-7-5-15-1-2-16-10(15)13-7/h1-2,4-6,8,14H,3,11H2. The number of imidazole rings is 1. The summed E-state index contributed by atoms with van der Waals surface area (Å²) < 4.78 is 2.03. The van der Waals surface area contributed by atoms with Crippen LogP contribution >= 0.6 is 22.7 Å². The van der Waals surface area contributed by atoms with Crippen molar-refractivity contribution in [3.8, 4) is 0 Å². The number of nitrogens with one attached hydrogen (secondary N) is 1. The molecule has 0 aromatic carbocycles. The summed E-state index contributed by atoms with van der Waals surface area (Å²) >= 11 is 3.23. The van der Waals surface area contributed by atoms with Gasteiger partial charge in [0.25, 0.3) is 0 Å². The van der Waals surface area contributed by atoms with Gasteiger partial charge in [-0.15, -0.1) is 22.7 Å². The van der Waals surface area contributed by atoms with Crippen LogP contribution in [0.2, 0.25) is 0 Å². The molecule has 88 valence electrons. The largest absolute Gasteiger partial charge is 0.297 e. The Hall–Kier alpha value is -1.28. The average molecular weight is 265 g/mol. The Labute approximate surface area is 106 Å². The third-order valence-electron chi connectivity index (χ3n) is 2.55. The Morgan fingerprint density at radius 2 is 2.41 bits per heavy atom. The van der Waals surface area contributed by atoms with E-state index in [9.17, 15) is 0 Å². The van der Waals surface area contributed by atoms with E-state index in [1.165, 1.54) is 0 Å². The Bertz CT molecular complexity index is 569. The van der Waals surface area contributed by atoms with Crippen molar-refractivity contribution in [1.82, 2.24) is 19.8 Å². The molecule has 7 heteroatoms. The lowest BCUT2D eigenvalue weighted by Crippen LogP contribution is -2.29. The second kappa shape index (κ2) is 4.53. The average Bonchev–Trinajstić information content (AvgIpc) is 3.01. The van der Waals surface area contributed by atoms with Crippen molar-refractivity contribution in [1.29, 1.82) is 0 Å². The highest BCUT2D eigenvalue weighted by Crippen LogP contribution is 2.21. The summed E-state index contributed by atoms with van der Waals surface area (Å²) in [5.41, 5.74) is 5.66. The fourth-order valence-corrected chi connectivity index (χ4v) is 3.12. The zero-order valence-electron chi connectivity index (χ0n) is 8.91. The second-order valence-corrected chi connectivity index (χ2v) is 5.44. The third-order valence-corrected chi connectivity index (χ3v) is 4.21. The molecule has 17 heavy (non-hydrogen) atoms. The summed E-state index contributed by atoms with van der Waals surface area (Å²) in [4.78, 5) is 10.7. The first-order valence-corrected chi connectivity index (χ1v) is 6.88. The number of hydrazine groups is 1. The number of nitrogens with two attached hydrogens (primary N) is 1. The molecule has 1 unspecified atom stereocenters. The van der Waals surface area contributed by atoms with Crippen molar-refractivity contribution in [3.63, 3.8) is 0 Å². The molecule has 0 radical (unpaired) electrons. The molecule has 0 spiro atoms. The van der Waals surface area contributed by atoms with Crippen LogP contribution < -0.4 is 11.3 Å². The van der Waals surface area contributed by atoms with E-state index in [0.29, 0.717) is 0 Å². The van der Waals surface area contributed by atoms with Gasteiger partial charge in [0.15, 0.2) is 4.96 Å². The van der Waals surface area contributed by atoms with Crippen LogP contribution in [0.4, 0.5) is 0 Å². The van der Waals surface area contributed by atoms with Crippen LogP contribution in [0.3, 0.4) is 0 Å². The normalized spacial score (nSPS) is 13.2. The summed E-state index contributed by atoms with van der Waals surface area (Å²) in [6.45, 7) is 0. The predicted octanol–water partition coefficient (Wildman–Crippen LogP) is 1.60. The maximum absolute atomic E-state index is 5.58. The fourth-order valence-electron chi connectivity index (χ4n) is 1.72. The molecule has 3 heterocycles. The van der Waals surface area contributed by atoms with Crippen LogP contribution in [0.1, 0.15) is 16.6 Å². The quantitative estimate of drug-likeness (QED) is 0.555. The monoisotopic (exact) mass is 265 g/mol. The van der Waals surface area contributed by atoms with Crippen molar-refractivity contribution in [2.45, 2.75) is 12.5 Å². The topological polar surface area (TPSA) is 68.2 Å². The Kier molecular flexibility index (Phi) is 2.89. The van der Waals surface area contributed by atoms with Crippen molar-refractivity contribution < 1.29 is 0 Å². The maximum atomic E-state index is 5.58. The molecular formula is C10H11N5S2. The first kappa shape index (κ1) is 10.8. The highest BCUT2D eigenvalue weighted by atomic mass is 32.1. The molecule has 0 saturated carbocycles. The molecule has 1 atom stereocenters. The van der Waals surface area contributed by atoms with Crippen LogP contribution in [0.15, 0.2) is 29.5 Å². The number of nitrogens with zero attached hydrogens (tertiary/aromatic N) is 3. The number of fused-ring (bicyclic) bond motifs is 1. The van der Waals surface area contributed by atoms with Gasteiger partial charge in [-0.1, -0.05) is 0 Å². The van der Waals surface area contributed by atoms with E-state index in [1.54, 1.807) is 22.7 Å². The molecule has 0 fully saturated rings. The van der Waals surface area contributed by atoms with Gasteiger partial charge in [-0.3, -0.25) is 20.7 Å². The zero-order chi connectivity index (χ0) is 11.7. The number of rotatable bonds is 4. The van der Waals surface area contributed by atoms with Gasteiger partial charge in [-0.05, 0) is 0 Å². The van der Waals surface area contributed by atoms with E-state index in [4.69, 9.17) is 5.84 Å². The molecule has 3 aromatic rings. The summed E-state index contributed by atoms with van der Waals surface area (Å²) in [7, 11) is 0. The van der Waals surface area contributed by atoms with Crippen LogP contribution in [0.5, 0.6) is 0 Å². The van der Waals surface area contributed by atoms with Gasteiger partial charge in [0, 0.05) is 35.3 Å². The molecule has 3 rings (SSSR count). The lowest BCUT2D eigenvalue weighted by Gasteiger charge is -2.11. The Morgan fingerprint density at radius 1 is 1.47 bits per heavy atom. The predicted molar refractivity (Wildman–Crippen MR) is 69.0 cm³/mol. The molecule has 0 bridgehead atoms. The minimum atomic E-state index is 0.0760. The van der Waals surface area contributed by atoms with Gasteiger partial charge in [0.1, 0.15) is 0 Å². The lowest BCUT2D eigenvalue weighted by atomic mass is 10.1. The molecule has 3 aromatic heterocycles. The van der Waals surface area contributed by atoms with E-state index in [1.807, 2.05) is 33.9 Å². The molecule has 0 saturated heterocycles. The van der Waals surface area contributed by atoms with Gasteiger partial charge in [0.05, 0.1) is 17.2 Å². The van der Waals surface area contributed by atoms with E-state index in [0.717, 1.165) is 22.0 Å². The fraction of sp³-hybridized carbons (Fsp3) is 0.200. The molecule has 0 aliphatic heterocycles. The molecule has 0 aliphatic carbocycles. The molecule has 5 nitrogen and oxygen atoms in total. The molecule has 0 aliphatic rings. The van der Waals surface area contributed by atoms with Gasteiger partial charge in [0.2, 0.25) is 0 Å². The summed E-state index contributed by atoms with van der Waals surface area (Å²) in [5.74, 6) is 5.58. The molecular weight excluding hydrogens is 254 g/mol.